The Kier molecular flexibility index (Phi) is 5.92. The van der Waals surface area contributed by atoms with Crippen LogP contribution in [0.4, 0.5) is 5.69 Å². The number of thioether (sulfide) groups is 1. The Morgan fingerprint density at radius 1 is 1.16 bits per heavy atom. The van der Waals surface area contributed by atoms with Crippen LogP contribution in [0.3, 0.4) is 0 Å². The SMILES string of the molecule is O=C(CSc1n[nH]c(COc2ccccc2)n1)Nc1ccccc1Cl. The van der Waals surface area contributed by atoms with Gasteiger partial charge in [0.2, 0.25) is 11.1 Å². The van der Waals surface area contributed by atoms with Gasteiger partial charge in [-0.05, 0) is 24.3 Å². The highest BCUT2D eigenvalue weighted by molar-refractivity contribution is 7.99. The molecule has 1 aromatic heterocycles. The van der Waals surface area contributed by atoms with E-state index in [4.69, 9.17) is 16.3 Å². The van der Waals surface area contributed by atoms with Crippen LogP contribution in [0, 0.1) is 0 Å². The molecule has 1 amide bonds. The first-order chi connectivity index (χ1) is 12.2. The van der Waals surface area contributed by atoms with Gasteiger partial charge >= 0.3 is 0 Å². The number of H-pyrrole nitrogens is 1. The molecule has 0 aliphatic rings. The summed E-state index contributed by atoms with van der Waals surface area (Å²) in [5, 5.41) is 10.6. The van der Waals surface area contributed by atoms with Gasteiger partial charge < -0.3 is 10.1 Å². The molecule has 3 aromatic rings. The Morgan fingerprint density at radius 3 is 2.72 bits per heavy atom. The zero-order chi connectivity index (χ0) is 17.5. The molecule has 25 heavy (non-hydrogen) atoms. The number of aromatic nitrogens is 3. The lowest BCUT2D eigenvalue weighted by atomic mass is 10.3. The second-order valence-corrected chi connectivity index (χ2v) is 6.33. The fourth-order valence-corrected chi connectivity index (χ4v) is 2.75. The zero-order valence-electron chi connectivity index (χ0n) is 13.1. The summed E-state index contributed by atoms with van der Waals surface area (Å²) in [6, 6.07) is 16.5. The maximum Gasteiger partial charge on any atom is 0.234 e. The molecule has 0 aliphatic carbocycles. The molecule has 8 heteroatoms. The summed E-state index contributed by atoms with van der Waals surface area (Å²) in [6.07, 6.45) is 0. The minimum absolute atomic E-state index is 0.176. The lowest BCUT2D eigenvalue weighted by Crippen LogP contribution is -2.14. The molecule has 2 N–H and O–H groups in total. The van der Waals surface area contributed by atoms with Crippen molar-refractivity contribution in [3.8, 4) is 5.75 Å². The van der Waals surface area contributed by atoms with Crippen molar-refractivity contribution in [1.82, 2.24) is 15.2 Å². The van der Waals surface area contributed by atoms with Gasteiger partial charge in [0.1, 0.15) is 12.4 Å². The van der Waals surface area contributed by atoms with Crippen molar-refractivity contribution >= 4 is 35.0 Å². The Bertz CT molecular complexity index is 841. The molecule has 0 aliphatic heterocycles. The van der Waals surface area contributed by atoms with E-state index in [-0.39, 0.29) is 18.3 Å². The minimum atomic E-state index is -0.176. The summed E-state index contributed by atoms with van der Waals surface area (Å²) < 4.78 is 5.59. The van der Waals surface area contributed by atoms with Crippen LogP contribution in [-0.4, -0.2) is 26.8 Å². The molecule has 0 saturated carbocycles. The van der Waals surface area contributed by atoms with Gasteiger partial charge in [0.25, 0.3) is 0 Å². The van der Waals surface area contributed by atoms with E-state index in [1.807, 2.05) is 36.4 Å². The number of benzene rings is 2. The van der Waals surface area contributed by atoms with Gasteiger partial charge in [0.15, 0.2) is 5.82 Å². The van der Waals surface area contributed by atoms with Crippen molar-refractivity contribution in [2.75, 3.05) is 11.1 Å². The molecule has 0 unspecified atom stereocenters. The molecule has 0 fully saturated rings. The normalized spacial score (nSPS) is 10.4. The first-order valence-electron chi connectivity index (χ1n) is 7.47. The fraction of sp³-hybridized carbons (Fsp3) is 0.118. The number of aromatic amines is 1. The Hall–Kier alpha value is -2.51. The lowest BCUT2D eigenvalue weighted by molar-refractivity contribution is -0.113. The van der Waals surface area contributed by atoms with Crippen LogP contribution in [0.1, 0.15) is 5.82 Å². The molecule has 2 aromatic carbocycles. The largest absolute Gasteiger partial charge is 0.486 e. The third-order valence-electron chi connectivity index (χ3n) is 3.11. The van der Waals surface area contributed by atoms with Crippen molar-refractivity contribution in [2.45, 2.75) is 11.8 Å². The number of hydrogen-bond acceptors (Lipinski definition) is 5. The number of amides is 1. The third-order valence-corrected chi connectivity index (χ3v) is 4.29. The van der Waals surface area contributed by atoms with Crippen molar-refractivity contribution in [3.63, 3.8) is 0 Å². The van der Waals surface area contributed by atoms with E-state index in [1.54, 1.807) is 18.2 Å². The molecule has 1 heterocycles. The van der Waals surface area contributed by atoms with Crippen LogP contribution in [0.2, 0.25) is 5.02 Å². The van der Waals surface area contributed by atoms with E-state index in [1.165, 1.54) is 11.8 Å². The molecule has 0 atom stereocenters. The van der Waals surface area contributed by atoms with E-state index in [9.17, 15) is 4.79 Å². The minimum Gasteiger partial charge on any atom is -0.486 e. The highest BCUT2D eigenvalue weighted by Crippen LogP contribution is 2.21. The summed E-state index contributed by atoms with van der Waals surface area (Å²) in [5.41, 5.74) is 0.585. The number of para-hydroxylation sites is 2. The molecular formula is C17H15ClN4O2S. The average Bonchev–Trinajstić information content (AvgIpc) is 3.09. The Labute approximate surface area is 154 Å². The molecular weight excluding hydrogens is 360 g/mol. The highest BCUT2D eigenvalue weighted by Gasteiger charge is 2.09. The number of carbonyl (C=O) groups is 1. The van der Waals surface area contributed by atoms with E-state index < -0.39 is 0 Å². The standard InChI is InChI=1S/C17H15ClN4O2S/c18-13-8-4-5-9-14(13)19-16(23)11-25-17-20-15(21-22-17)10-24-12-6-2-1-3-7-12/h1-9H,10-11H2,(H,19,23)(H,20,21,22). The van der Waals surface area contributed by atoms with Crippen LogP contribution < -0.4 is 10.1 Å². The zero-order valence-corrected chi connectivity index (χ0v) is 14.7. The second kappa shape index (κ2) is 8.55. The first-order valence-corrected chi connectivity index (χ1v) is 8.83. The van der Waals surface area contributed by atoms with Crippen molar-refractivity contribution in [2.24, 2.45) is 0 Å². The van der Waals surface area contributed by atoms with Crippen LogP contribution in [-0.2, 0) is 11.4 Å². The second-order valence-electron chi connectivity index (χ2n) is 4.98. The van der Waals surface area contributed by atoms with Gasteiger partial charge in [-0.25, -0.2) is 4.98 Å². The van der Waals surface area contributed by atoms with Gasteiger partial charge in [-0.2, -0.15) is 0 Å². The Balaban J connectivity index is 1.47. The van der Waals surface area contributed by atoms with E-state index >= 15 is 0 Å². The van der Waals surface area contributed by atoms with Gasteiger partial charge in [0, 0.05) is 0 Å². The molecule has 3 rings (SSSR count). The summed E-state index contributed by atoms with van der Waals surface area (Å²) in [5.74, 6) is 1.36. The number of nitrogens with one attached hydrogen (secondary N) is 2. The Morgan fingerprint density at radius 2 is 1.92 bits per heavy atom. The van der Waals surface area contributed by atoms with Crippen LogP contribution in [0.25, 0.3) is 0 Å². The number of rotatable bonds is 7. The van der Waals surface area contributed by atoms with E-state index in [0.29, 0.717) is 21.7 Å². The van der Waals surface area contributed by atoms with Crippen molar-refractivity contribution in [3.05, 3.63) is 65.4 Å². The number of ether oxygens (including phenoxy) is 1. The van der Waals surface area contributed by atoms with Crippen LogP contribution >= 0.6 is 23.4 Å². The summed E-state index contributed by atoms with van der Waals surface area (Å²) in [7, 11) is 0. The molecule has 0 radical (unpaired) electrons. The topological polar surface area (TPSA) is 79.9 Å². The average molecular weight is 375 g/mol. The molecule has 0 saturated heterocycles. The quantitative estimate of drug-likeness (QED) is 0.615. The summed E-state index contributed by atoms with van der Waals surface area (Å²) in [6.45, 7) is 0.281. The third kappa shape index (κ3) is 5.23. The number of hydrogen-bond donors (Lipinski definition) is 2. The first kappa shape index (κ1) is 17.3. The van der Waals surface area contributed by atoms with E-state index in [0.717, 1.165) is 5.75 Å². The smallest absolute Gasteiger partial charge is 0.234 e. The summed E-state index contributed by atoms with van der Waals surface area (Å²) >= 11 is 7.24. The van der Waals surface area contributed by atoms with Crippen molar-refractivity contribution in [1.29, 1.82) is 0 Å². The maximum absolute atomic E-state index is 12.0. The van der Waals surface area contributed by atoms with Crippen LogP contribution in [0.5, 0.6) is 5.75 Å². The van der Waals surface area contributed by atoms with Crippen molar-refractivity contribution < 1.29 is 9.53 Å². The maximum atomic E-state index is 12.0. The fourth-order valence-electron chi connectivity index (χ4n) is 1.95. The van der Waals surface area contributed by atoms with E-state index in [2.05, 4.69) is 20.5 Å². The van der Waals surface area contributed by atoms with Gasteiger partial charge in [-0.1, -0.05) is 53.7 Å². The monoisotopic (exact) mass is 374 g/mol. The highest BCUT2D eigenvalue weighted by atomic mass is 35.5. The lowest BCUT2D eigenvalue weighted by Gasteiger charge is -2.05. The van der Waals surface area contributed by atoms with Crippen LogP contribution in [0.15, 0.2) is 59.8 Å². The number of nitrogens with zero attached hydrogens (tertiary/aromatic N) is 2. The van der Waals surface area contributed by atoms with Gasteiger partial charge in [-0.15, -0.1) is 5.10 Å². The number of anilines is 1. The van der Waals surface area contributed by atoms with Gasteiger partial charge in [-0.3, -0.25) is 9.89 Å². The number of carbonyl (C=O) groups excluding carboxylic acids is 1. The predicted molar refractivity (Wildman–Crippen MR) is 98.0 cm³/mol. The summed E-state index contributed by atoms with van der Waals surface area (Å²) in [4.78, 5) is 16.3. The molecule has 6 nitrogen and oxygen atoms in total. The molecule has 0 bridgehead atoms. The van der Waals surface area contributed by atoms with Gasteiger partial charge in [0.05, 0.1) is 16.5 Å². The molecule has 128 valence electrons. The predicted octanol–water partition coefficient (Wildman–Crippen LogP) is 3.77. The molecule has 0 spiro atoms. The number of halogens is 1.